The van der Waals surface area contributed by atoms with Gasteiger partial charge in [-0.25, -0.2) is 0 Å². The first-order valence-corrected chi connectivity index (χ1v) is 9.59. The molecule has 0 aromatic carbocycles. The number of nitrogens with one attached hydrogen (secondary N) is 1. The molecule has 2 N–H and O–H groups in total. The lowest BCUT2D eigenvalue weighted by atomic mass is 9.75. The van der Waals surface area contributed by atoms with Gasteiger partial charge in [0.2, 0.25) is 0 Å². The first-order valence-electron chi connectivity index (χ1n) is 9.59. The van der Waals surface area contributed by atoms with E-state index in [9.17, 15) is 5.11 Å². The molecule has 0 unspecified atom stereocenters. The minimum atomic E-state index is -0.298. The molecular formula is C19H38NO2+. The molecule has 0 radical (unpaired) electrons. The fourth-order valence-corrected chi connectivity index (χ4v) is 4.31. The summed E-state index contributed by atoms with van der Waals surface area (Å²) in [6, 6.07) is 0. The summed E-state index contributed by atoms with van der Waals surface area (Å²) < 4.78 is 6.19. The quantitative estimate of drug-likeness (QED) is 0.788. The number of hydrogen-bond acceptors (Lipinski definition) is 2. The third-order valence-corrected chi connectivity index (χ3v) is 5.97. The Kier molecular flexibility index (Phi) is 7.17. The second kappa shape index (κ2) is 8.65. The van der Waals surface area contributed by atoms with Gasteiger partial charge in [0.05, 0.1) is 25.8 Å². The van der Waals surface area contributed by atoms with Crippen molar-refractivity contribution in [1.82, 2.24) is 0 Å². The maximum atomic E-state index is 10.3. The Morgan fingerprint density at radius 1 is 1.05 bits per heavy atom. The van der Waals surface area contributed by atoms with Gasteiger partial charge in [-0.3, -0.25) is 0 Å². The topological polar surface area (TPSA) is 33.9 Å². The smallest absolute Gasteiger partial charge is 0.126 e. The fourth-order valence-electron chi connectivity index (χ4n) is 4.31. The van der Waals surface area contributed by atoms with Gasteiger partial charge in [0.25, 0.3) is 0 Å². The number of ether oxygens (including phenoxy) is 1. The molecule has 0 aromatic heterocycles. The highest BCUT2D eigenvalue weighted by atomic mass is 16.5. The van der Waals surface area contributed by atoms with Crippen molar-refractivity contribution in [2.75, 3.05) is 26.2 Å². The lowest BCUT2D eigenvalue weighted by Gasteiger charge is -2.37. The monoisotopic (exact) mass is 312 g/mol. The second-order valence-corrected chi connectivity index (χ2v) is 8.49. The Labute approximate surface area is 137 Å². The molecule has 0 aromatic rings. The summed E-state index contributed by atoms with van der Waals surface area (Å²) in [4.78, 5) is 1.56. The van der Waals surface area contributed by atoms with E-state index in [1.807, 2.05) is 0 Å². The van der Waals surface area contributed by atoms with Crippen molar-refractivity contribution < 1.29 is 14.7 Å². The molecule has 130 valence electrons. The molecule has 3 heteroatoms. The molecule has 1 heterocycles. The molecule has 2 aliphatic rings. The zero-order valence-corrected chi connectivity index (χ0v) is 15.2. The molecule has 0 spiro atoms. The lowest BCUT2D eigenvalue weighted by Crippen LogP contribution is -3.14. The molecule has 0 amide bonds. The Bertz CT molecular complexity index is 313. The molecule has 0 bridgehead atoms. The standard InChI is InChI=1S/C19H37NO2/c1-14(2)18-6-5-16(4)11-19(18)22-13-17(21)12-20-9-7-15(3)8-10-20/h14-19,21H,5-13H2,1-4H3/p+1/t16-,17+,18-,19-/m1/s1. The second-order valence-electron chi connectivity index (χ2n) is 8.49. The van der Waals surface area contributed by atoms with Crippen LogP contribution in [0.3, 0.4) is 0 Å². The molecule has 1 aliphatic heterocycles. The van der Waals surface area contributed by atoms with Gasteiger partial charge >= 0.3 is 0 Å². The maximum absolute atomic E-state index is 10.3. The van der Waals surface area contributed by atoms with Crippen molar-refractivity contribution in [3.8, 4) is 0 Å². The third kappa shape index (κ3) is 5.50. The van der Waals surface area contributed by atoms with Crippen LogP contribution < -0.4 is 4.90 Å². The number of quaternary nitrogens is 1. The predicted molar refractivity (Wildman–Crippen MR) is 91.1 cm³/mol. The van der Waals surface area contributed by atoms with Crippen molar-refractivity contribution >= 4 is 0 Å². The molecule has 1 saturated heterocycles. The van der Waals surface area contributed by atoms with Crippen LogP contribution >= 0.6 is 0 Å². The SMILES string of the molecule is CC1CC[NH+](C[C@H](O)CO[C@@H]2C[C@H](C)CC[C@@H]2C(C)C)CC1. The normalized spacial score (nSPS) is 38.2. The van der Waals surface area contributed by atoms with E-state index in [1.165, 1.54) is 45.2 Å². The van der Waals surface area contributed by atoms with Crippen LogP contribution in [0.2, 0.25) is 0 Å². The van der Waals surface area contributed by atoms with Gasteiger partial charge < -0.3 is 14.7 Å². The molecule has 22 heavy (non-hydrogen) atoms. The average molecular weight is 313 g/mol. The number of aliphatic hydroxyl groups is 1. The van der Waals surface area contributed by atoms with E-state index in [-0.39, 0.29) is 6.10 Å². The summed E-state index contributed by atoms with van der Waals surface area (Å²) in [7, 11) is 0. The van der Waals surface area contributed by atoms with Gasteiger partial charge in [0.15, 0.2) is 0 Å². The number of likely N-dealkylation sites (tertiary alicyclic amines) is 1. The van der Waals surface area contributed by atoms with E-state index in [0.29, 0.717) is 24.5 Å². The minimum Gasteiger partial charge on any atom is -0.385 e. The molecule has 1 aliphatic carbocycles. The van der Waals surface area contributed by atoms with Crippen LogP contribution in [0.5, 0.6) is 0 Å². The number of piperidine rings is 1. The first-order chi connectivity index (χ1) is 10.5. The maximum Gasteiger partial charge on any atom is 0.126 e. The highest BCUT2D eigenvalue weighted by Crippen LogP contribution is 2.35. The van der Waals surface area contributed by atoms with E-state index in [4.69, 9.17) is 4.74 Å². The first kappa shape index (κ1) is 18.2. The van der Waals surface area contributed by atoms with Crippen molar-refractivity contribution in [2.45, 2.75) is 72.0 Å². The van der Waals surface area contributed by atoms with Crippen LogP contribution in [0.25, 0.3) is 0 Å². The third-order valence-electron chi connectivity index (χ3n) is 5.97. The number of aliphatic hydroxyl groups excluding tert-OH is 1. The van der Waals surface area contributed by atoms with Crippen LogP contribution in [-0.2, 0) is 4.74 Å². The molecule has 1 saturated carbocycles. The van der Waals surface area contributed by atoms with Crippen molar-refractivity contribution in [2.24, 2.45) is 23.7 Å². The molecule has 3 nitrogen and oxygen atoms in total. The summed E-state index contributed by atoms with van der Waals surface area (Å²) in [5.74, 6) is 2.99. The van der Waals surface area contributed by atoms with Crippen LogP contribution in [0.1, 0.15) is 59.8 Å². The number of rotatable bonds is 6. The van der Waals surface area contributed by atoms with Gasteiger partial charge in [-0.05, 0) is 49.4 Å². The van der Waals surface area contributed by atoms with Gasteiger partial charge in [0.1, 0.15) is 12.6 Å². The largest absolute Gasteiger partial charge is 0.385 e. The van der Waals surface area contributed by atoms with E-state index in [1.54, 1.807) is 4.90 Å². The molecule has 4 atom stereocenters. The van der Waals surface area contributed by atoms with Crippen LogP contribution in [0.4, 0.5) is 0 Å². The van der Waals surface area contributed by atoms with Crippen LogP contribution in [0.15, 0.2) is 0 Å². The Morgan fingerprint density at radius 3 is 2.36 bits per heavy atom. The molecular weight excluding hydrogens is 274 g/mol. The average Bonchev–Trinajstić information content (AvgIpc) is 2.47. The summed E-state index contributed by atoms with van der Waals surface area (Å²) in [6.07, 6.45) is 6.46. The summed E-state index contributed by atoms with van der Waals surface area (Å²) in [5.41, 5.74) is 0. The molecule has 2 rings (SSSR count). The minimum absolute atomic E-state index is 0.298. The lowest BCUT2D eigenvalue weighted by molar-refractivity contribution is -0.909. The van der Waals surface area contributed by atoms with Gasteiger partial charge in [-0.15, -0.1) is 0 Å². The summed E-state index contributed by atoms with van der Waals surface area (Å²) in [6.45, 7) is 13.1. The van der Waals surface area contributed by atoms with E-state index in [0.717, 1.165) is 18.4 Å². The van der Waals surface area contributed by atoms with Crippen molar-refractivity contribution in [3.63, 3.8) is 0 Å². The highest BCUT2D eigenvalue weighted by molar-refractivity contribution is 4.81. The highest BCUT2D eigenvalue weighted by Gasteiger charge is 2.32. The Morgan fingerprint density at radius 2 is 1.73 bits per heavy atom. The fraction of sp³-hybridized carbons (Fsp3) is 1.00. The van der Waals surface area contributed by atoms with E-state index < -0.39 is 0 Å². The van der Waals surface area contributed by atoms with Crippen molar-refractivity contribution in [1.29, 1.82) is 0 Å². The van der Waals surface area contributed by atoms with E-state index in [2.05, 4.69) is 27.7 Å². The zero-order chi connectivity index (χ0) is 16.1. The Hall–Kier alpha value is -0.120. The summed E-state index contributed by atoms with van der Waals surface area (Å²) in [5, 5.41) is 10.3. The van der Waals surface area contributed by atoms with Gasteiger partial charge in [0, 0.05) is 0 Å². The number of hydrogen-bond donors (Lipinski definition) is 2. The van der Waals surface area contributed by atoms with Crippen LogP contribution in [-0.4, -0.2) is 43.6 Å². The van der Waals surface area contributed by atoms with Crippen LogP contribution in [0, 0.1) is 23.7 Å². The Balaban J connectivity index is 1.73. The van der Waals surface area contributed by atoms with Gasteiger partial charge in [-0.2, -0.15) is 0 Å². The van der Waals surface area contributed by atoms with Crippen molar-refractivity contribution in [3.05, 3.63) is 0 Å². The zero-order valence-electron chi connectivity index (χ0n) is 15.2. The molecule has 2 fully saturated rings. The van der Waals surface area contributed by atoms with Gasteiger partial charge in [-0.1, -0.05) is 34.1 Å². The predicted octanol–water partition coefficient (Wildman–Crippen LogP) is 2.14. The summed E-state index contributed by atoms with van der Waals surface area (Å²) >= 11 is 0. The van der Waals surface area contributed by atoms with E-state index >= 15 is 0 Å².